The summed E-state index contributed by atoms with van der Waals surface area (Å²) in [6.07, 6.45) is 69.7. The Balaban J connectivity index is 2.62. The van der Waals surface area contributed by atoms with E-state index in [1.54, 1.807) is 0 Å². The number of quaternary nitrogens is 1. The lowest BCUT2D eigenvalue weighted by atomic mass is 10.0. The Morgan fingerprint density at radius 1 is 0.304 bits per heavy atom. The zero-order chi connectivity index (χ0) is 40.1. The van der Waals surface area contributed by atoms with Crippen LogP contribution < -0.4 is 0 Å². The molecule has 0 fully saturated rings. The van der Waals surface area contributed by atoms with Gasteiger partial charge in [-0.15, -0.1) is 0 Å². The summed E-state index contributed by atoms with van der Waals surface area (Å²) in [5, 5.41) is 0. The number of benzene rings is 1. The van der Waals surface area contributed by atoms with Gasteiger partial charge < -0.3 is 0 Å². The summed E-state index contributed by atoms with van der Waals surface area (Å²) in [5.41, 5.74) is 1.42. The van der Waals surface area contributed by atoms with Crippen LogP contribution in [0, 0.1) is 0 Å². The Hall–Kier alpha value is -1.60. The highest BCUT2D eigenvalue weighted by Gasteiger charge is 2.20. The van der Waals surface area contributed by atoms with Gasteiger partial charge in [-0.05, 0) is 56.8 Å². The average Bonchev–Trinajstić information content (AvgIpc) is 3.21. The summed E-state index contributed by atoms with van der Waals surface area (Å²) in [7, 11) is 0. The number of rotatable bonds is 44. The first-order chi connectivity index (χ1) is 27.8. The summed E-state index contributed by atoms with van der Waals surface area (Å²) in [6, 6.07) is 11.2. The third-order valence-corrected chi connectivity index (χ3v) is 12.1. The van der Waals surface area contributed by atoms with E-state index in [4.69, 9.17) is 0 Å². The minimum atomic E-state index is 0.818. The lowest BCUT2D eigenvalue weighted by Crippen LogP contribution is -2.30. The third kappa shape index (κ3) is 35.6. The maximum atomic E-state index is 2.53. The van der Waals surface area contributed by atoms with Crippen LogP contribution in [-0.2, 0) is 6.54 Å². The molecular weight excluding hydrogens is 675 g/mol. The van der Waals surface area contributed by atoms with Crippen molar-refractivity contribution in [1.82, 2.24) is 0 Å². The van der Waals surface area contributed by atoms with Crippen molar-refractivity contribution < 1.29 is 4.48 Å². The molecular formula is C55H100N+. The van der Waals surface area contributed by atoms with Crippen molar-refractivity contribution in [2.75, 3.05) is 0 Å². The van der Waals surface area contributed by atoms with Crippen LogP contribution in [-0.4, -0.2) is 4.48 Å². The second-order valence-corrected chi connectivity index (χ2v) is 17.8. The van der Waals surface area contributed by atoms with Crippen LogP contribution in [0.4, 0.5) is 0 Å². The number of hydrogen-bond acceptors (Lipinski definition) is 0. The maximum absolute atomic E-state index is 2.53. The number of allylic oxidation sites excluding steroid dienone is 3. The molecule has 0 saturated heterocycles. The molecule has 324 valence electrons. The normalized spacial score (nSPS) is 12.3. The zero-order valence-electron chi connectivity index (χ0n) is 38.6. The first kappa shape index (κ1) is 52.4. The van der Waals surface area contributed by atoms with Gasteiger partial charge in [-0.2, -0.15) is 0 Å². The molecule has 0 aromatic heterocycles. The molecule has 0 amide bonds. The second kappa shape index (κ2) is 43.0. The van der Waals surface area contributed by atoms with Gasteiger partial charge in [-0.3, -0.25) is 0 Å². The van der Waals surface area contributed by atoms with Gasteiger partial charge in [0, 0.05) is 5.56 Å². The molecule has 0 spiro atoms. The van der Waals surface area contributed by atoms with Crippen molar-refractivity contribution in [3.05, 3.63) is 72.7 Å². The molecule has 0 aliphatic carbocycles. The fraction of sp³-hybridized carbons (Fsp3) is 0.782. The monoisotopic (exact) mass is 775 g/mol. The first-order valence-corrected chi connectivity index (χ1v) is 25.7. The zero-order valence-corrected chi connectivity index (χ0v) is 38.6. The van der Waals surface area contributed by atoms with Crippen molar-refractivity contribution in [3.63, 3.8) is 0 Å². The van der Waals surface area contributed by atoms with Crippen LogP contribution in [0.3, 0.4) is 0 Å². The lowest BCUT2D eigenvalue weighted by molar-refractivity contribution is -0.788. The Morgan fingerprint density at radius 2 is 0.536 bits per heavy atom. The predicted octanol–water partition coefficient (Wildman–Crippen LogP) is 19.8. The minimum Gasteiger partial charge on any atom is -0.242 e. The molecule has 1 heteroatoms. The van der Waals surface area contributed by atoms with Crippen molar-refractivity contribution >= 4 is 0 Å². The lowest BCUT2D eigenvalue weighted by Gasteiger charge is -2.27. The molecule has 56 heavy (non-hydrogen) atoms. The third-order valence-electron chi connectivity index (χ3n) is 12.1. The van der Waals surface area contributed by atoms with Gasteiger partial charge in [0.05, 0.1) is 0 Å². The van der Waals surface area contributed by atoms with Crippen LogP contribution in [0.2, 0.25) is 0 Å². The van der Waals surface area contributed by atoms with Gasteiger partial charge in [-0.1, -0.05) is 263 Å². The van der Waals surface area contributed by atoms with E-state index in [-0.39, 0.29) is 0 Å². The van der Waals surface area contributed by atoms with Gasteiger partial charge in [0.15, 0.2) is 0 Å². The number of unbranched alkanes of at least 4 members (excludes halogenated alkanes) is 36. The van der Waals surface area contributed by atoms with Crippen LogP contribution in [0.1, 0.15) is 277 Å². The molecule has 0 bridgehead atoms. The topological polar surface area (TPSA) is 0 Å². The molecule has 1 aromatic rings. The highest BCUT2D eigenvalue weighted by Crippen LogP contribution is 2.22. The highest BCUT2D eigenvalue weighted by atomic mass is 15.3. The maximum Gasteiger partial charge on any atom is 0.117 e. The molecule has 1 aromatic carbocycles. The van der Waals surface area contributed by atoms with E-state index >= 15 is 0 Å². The van der Waals surface area contributed by atoms with E-state index in [1.165, 1.54) is 256 Å². The fourth-order valence-electron chi connectivity index (χ4n) is 8.33. The molecule has 0 radical (unpaired) electrons. The largest absolute Gasteiger partial charge is 0.242 e. The molecule has 0 heterocycles. The van der Waals surface area contributed by atoms with E-state index in [0.717, 1.165) is 11.0 Å². The first-order valence-electron chi connectivity index (χ1n) is 25.7. The molecule has 1 rings (SSSR count). The van der Waals surface area contributed by atoms with Gasteiger partial charge in [-0.25, -0.2) is 4.48 Å². The Kier molecular flexibility index (Phi) is 40.2. The van der Waals surface area contributed by atoms with Gasteiger partial charge in [0.1, 0.15) is 25.1 Å². The van der Waals surface area contributed by atoms with Crippen LogP contribution in [0.25, 0.3) is 0 Å². The van der Waals surface area contributed by atoms with Crippen LogP contribution >= 0.6 is 0 Å². The van der Waals surface area contributed by atoms with Gasteiger partial charge in [0.25, 0.3) is 0 Å². The van der Waals surface area contributed by atoms with Crippen molar-refractivity contribution in [2.45, 2.75) is 278 Å². The fourth-order valence-corrected chi connectivity index (χ4v) is 8.33. The molecule has 0 aliphatic heterocycles. The predicted molar refractivity (Wildman–Crippen MR) is 255 cm³/mol. The average molecular weight is 775 g/mol. The van der Waals surface area contributed by atoms with E-state index in [0.29, 0.717) is 0 Å². The Bertz CT molecular complexity index is 879. The van der Waals surface area contributed by atoms with Crippen LogP contribution in [0.15, 0.2) is 67.2 Å². The minimum absolute atomic E-state index is 0.818. The summed E-state index contributed by atoms with van der Waals surface area (Å²) < 4.78 is 0.818. The van der Waals surface area contributed by atoms with Crippen LogP contribution in [0.5, 0.6) is 0 Å². The van der Waals surface area contributed by atoms with Crippen molar-refractivity contribution in [2.24, 2.45) is 0 Å². The quantitative estimate of drug-likeness (QED) is 0.0458. The number of hydrogen-bond donors (Lipinski definition) is 0. The van der Waals surface area contributed by atoms with E-state index in [1.807, 2.05) is 0 Å². The van der Waals surface area contributed by atoms with E-state index in [2.05, 4.69) is 87.9 Å². The highest BCUT2D eigenvalue weighted by molar-refractivity contribution is 5.14. The van der Waals surface area contributed by atoms with E-state index in [9.17, 15) is 0 Å². The molecule has 0 saturated carbocycles. The van der Waals surface area contributed by atoms with Gasteiger partial charge >= 0.3 is 0 Å². The SMILES string of the molecule is CCCCCCCCCCCCCC/C=C\[N+](/C=C/CCCCCCCCCCCCCC)(/C=C/CCCCCCCCCCCCCC)Cc1ccccc1. The smallest absolute Gasteiger partial charge is 0.117 e. The molecule has 0 unspecified atom stereocenters. The Morgan fingerprint density at radius 3 is 0.786 bits per heavy atom. The molecule has 1 nitrogen and oxygen atoms in total. The van der Waals surface area contributed by atoms with Crippen molar-refractivity contribution in [3.8, 4) is 0 Å². The number of nitrogens with zero attached hydrogens (tertiary/aromatic N) is 1. The van der Waals surface area contributed by atoms with Gasteiger partial charge in [0.2, 0.25) is 0 Å². The van der Waals surface area contributed by atoms with Crippen molar-refractivity contribution in [1.29, 1.82) is 0 Å². The molecule has 0 aliphatic rings. The summed E-state index contributed by atoms with van der Waals surface area (Å²) in [6.45, 7) is 7.94. The standard InChI is InChI=1S/C55H100N/c1-4-7-10-13-16-19-22-25-28-31-34-37-40-46-51-56(54-55-49-44-43-45-50-55,52-47-41-38-35-32-29-26-23-20-17-14-11-8-5-2)53-48-42-39-36-33-30-27-24-21-18-15-12-9-6-3/h43-53H,4-42,54H2,1-3H3/q+1/b51-46-,52-47+,53-48+. The molecule has 0 atom stereocenters. The molecule has 0 N–H and O–H groups in total. The summed E-state index contributed by atoms with van der Waals surface area (Å²) >= 11 is 0. The second-order valence-electron chi connectivity index (χ2n) is 17.8. The van der Waals surface area contributed by atoms with E-state index < -0.39 is 0 Å². The summed E-state index contributed by atoms with van der Waals surface area (Å²) in [4.78, 5) is 0. The Labute approximate surface area is 353 Å². The summed E-state index contributed by atoms with van der Waals surface area (Å²) in [5.74, 6) is 0.